The van der Waals surface area contributed by atoms with E-state index in [-0.39, 0.29) is 0 Å². The summed E-state index contributed by atoms with van der Waals surface area (Å²) >= 11 is 6.14. The molecule has 0 amide bonds. The van der Waals surface area contributed by atoms with Crippen LogP contribution in [0, 0.1) is 0 Å². The summed E-state index contributed by atoms with van der Waals surface area (Å²) in [5.74, 6) is 0. The number of rotatable bonds is 1. The summed E-state index contributed by atoms with van der Waals surface area (Å²) < 4.78 is 0. The van der Waals surface area contributed by atoms with Crippen molar-refractivity contribution in [2.24, 2.45) is 5.73 Å². The van der Waals surface area contributed by atoms with Crippen molar-refractivity contribution in [1.82, 2.24) is 0 Å². The zero-order valence-electron chi connectivity index (χ0n) is 9.64. The first-order valence-corrected chi connectivity index (χ1v) is 6.33. The van der Waals surface area contributed by atoms with Gasteiger partial charge in [0.2, 0.25) is 0 Å². The maximum atomic E-state index is 10.2. The van der Waals surface area contributed by atoms with Crippen LogP contribution in [0.25, 0.3) is 0 Å². The lowest BCUT2D eigenvalue weighted by Gasteiger charge is -2.36. The molecule has 1 aromatic rings. The summed E-state index contributed by atoms with van der Waals surface area (Å²) in [6.45, 7) is 0. The number of nitrogens with two attached hydrogens (primary N) is 1. The molecule has 4 N–H and O–H groups in total. The van der Waals surface area contributed by atoms with Crippen LogP contribution in [0.3, 0.4) is 0 Å². The fraction of sp³-hybridized carbons (Fsp3) is 0.538. The molecule has 0 aromatic heterocycles. The fourth-order valence-electron chi connectivity index (χ4n) is 2.55. The number of halogens is 1. The van der Waals surface area contributed by atoms with Gasteiger partial charge in [-0.2, -0.15) is 0 Å². The molecule has 1 saturated carbocycles. The first-order chi connectivity index (χ1) is 8.05. The molecule has 1 aromatic carbocycles. The fourth-order valence-corrected chi connectivity index (χ4v) is 2.86. The zero-order valence-corrected chi connectivity index (χ0v) is 10.4. The lowest BCUT2D eigenvalue weighted by atomic mass is 9.81. The summed E-state index contributed by atoms with van der Waals surface area (Å²) in [5.41, 5.74) is 6.09. The molecule has 1 aliphatic carbocycles. The Morgan fingerprint density at radius 2 is 1.94 bits per heavy atom. The highest BCUT2D eigenvalue weighted by atomic mass is 35.5. The normalized spacial score (nSPS) is 34.4. The van der Waals surface area contributed by atoms with Crippen molar-refractivity contribution in [3.8, 4) is 0 Å². The quantitative estimate of drug-likeness (QED) is 0.671. The third-order valence-electron chi connectivity index (χ3n) is 3.61. The molecule has 94 valence electrons. The third kappa shape index (κ3) is 2.33. The molecule has 0 aliphatic heterocycles. The van der Waals surface area contributed by atoms with Crippen LogP contribution < -0.4 is 5.73 Å². The van der Waals surface area contributed by atoms with Gasteiger partial charge in [-0.3, -0.25) is 0 Å². The lowest BCUT2D eigenvalue weighted by molar-refractivity contribution is -0.0285. The minimum atomic E-state index is -0.968. The van der Waals surface area contributed by atoms with E-state index in [0.29, 0.717) is 17.9 Å². The molecule has 0 radical (unpaired) electrons. The van der Waals surface area contributed by atoms with E-state index in [2.05, 4.69) is 0 Å². The topological polar surface area (TPSA) is 66.5 Å². The first kappa shape index (κ1) is 12.8. The largest absolute Gasteiger partial charge is 0.390 e. The van der Waals surface area contributed by atoms with E-state index >= 15 is 0 Å². The molecule has 0 spiro atoms. The summed E-state index contributed by atoms with van der Waals surface area (Å²) in [4.78, 5) is 0. The van der Waals surface area contributed by atoms with Gasteiger partial charge in [0, 0.05) is 5.02 Å². The van der Waals surface area contributed by atoms with E-state index in [1.54, 1.807) is 6.07 Å². The number of aliphatic hydroxyl groups excluding tert-OH is 2. The molecule has 0 heterocycles. The number of benzene rings is 1. The van der Waals surface area contributed by atoms with Gasteiger partial charge in [0.25, 0.3) is 0 Å². The second kappa shape index (κ2) is 4.94. The van der Waals surface area contributed by atoms with Crippen molar-refractivity contribution in [1.29, 1.82) is 0 Å². The van der Waals surface area contributed by atoms with Crippen LogP contribution in [0.2, 0.25) is 5.02 Å². The summed E-state index contributed by atoms with van der Waals surface area (Å²) in [6.07, 6.45) is 1.24. The average Bonchev–Trinajstić information content (AvgIpc) is 2.44. The Bertz CT molecular complexity index is 399. The van der Waals surface area contributed by atoms with E-state index in [9.17, 15) is 10.2 Å². The standard InChI is InChI=1S/C13H18ClNO2/c14-10-6-2-1-5-9(10)13(15)8-4-3-7-11(16)12(13)17/h1-2,5-6,11-12,16-17H,3-4,7-8,15H2. The molecule has 3 atom stereocenters. The Morgan fingerprint density at radius 1 is 1.24 bits per heavy atom. The maximum Gasteiger partial charge on any atom is 0.102 e. The minimum absolute atomic E-state index is 0.545. The van der Waals surface area contributed by atoms with Crippen LogP contribution in [0.1, 0.15) is 31.2 Å². The van der Waals surface area contributed by atoms with Gasteiger partial charge in [0.05, 0.1) is 11.6 Å². The minimum Gasteiger partial charge on any atom is -0.390 e. The van der Waals surface area contributed by atoms with Crippen molar-refractivity contribution in [2.75, 3.05) is 0 Å². The van der Waals surface area contributed by atoms with E-state index in [1.165, 1.54) is 0 Å². The predicted molar refractivity (Wildman–Crippen MR) is 67.8 cm³/mol. The number of hydrogen-bond acceptors (Lipinski definition) is 3. The Morgan fingerprint density at radius 3 is 2.65 bits per heavy atom. The second-order valence-electron chi connectivity index (χ2n) is 4.78. The van der Waals surface area contributed by atoms with Gasteiger partial charge < -0.3 is 15.9 Å². The summed E-state index contributed by atoms with van der Waals surface area (Å²) in [7, 11) is 0. The maximum absolute atomic E-state index is 10.2. The van der Waals surface area contributed by atoms with Crippen molar-refractivity contribution >= 4 is 11.6 Å². The molecule has 17 heavy (non-hydrogen) atoms. The van der Waals surface area contributed by atoms with E-state index in [0.717, 1.165) is 18.4 Å². The SMILES string of the molecule is NC1(c2ccccc2Cl)CCCCC(O)C1O. The van der Waals surface area contributed by atoms with Gasteiger partial charge in [-0.1, -0.05) is 42.6 Å². The molecule has 4 heteroatoms. The van der Waals surface area contributed by atoms with Crippen molar-refractivity contribution in [2.45, 2.75) is 43.4 Å². The Hall–Kier alpha value is -0.610. The summed E-state index contributed by atoms with van der Waals surface area (Å²) in [6, 6.07) is 7.26. The number of aliphatic hydroxyl groups is 2. The lowest BCUT2D eigenvalue weighted by Crippen LogP contribution is -2.52. The molecular weight excluding hydrogens is 238 g/mol. The highest BCUT2D eigenvalue weighted by Gasteiger charge is 2.42. The van der Waals surface area contributed by atoms with Gasteiger partial charge in [0.1, 0.15) is 6.10 Å². The van der Waals surface area contributed by atoms with Gasteiger partial charge >= 0.3 is 0 Å². The molecule has 0 saturated heterocycles. The van der Waals surface area contributed by atoms with Crippen LogP contribution in [0.4, 0.5) is 0 Å². The van der Waals surface area contributed by atoms with Gasteiger partial charge in [-0.05, 0) is 24.5 Å². The third-order valence-corrected chi connectivity index (χ3v) is 3.94. The number of hydrogen-bond donors (Lipinski definition) is 3. The van der Waals surface area contributed by atoms with Gasteiger partial charge in [-0.15, -0.1) is 0 Å². The smallest absolute Gasteiger partial charge is 0.102 e. The van der Waals surface area contributed by atoms with Gasteiger partial charge in [-0.25, -0.2) is 0 Å². The Balaban J connectivity index is 2.42. The molecular formula is C13H18ClNO2. The van der Waals surface area contributed by atoms with Crippen LogP contribution >= 0.6 is 11.6 Å². The van der Waals surface area contributed by atoms with Crippen LogP contribution in [-0.2, 0) is 5.54 Å². The monoisotopic (exact) mass is 255 g/mol. The highest BCUT2D eigenvalue weighted by molar-refractivity contribution is 6.31. The molecule has 3 unspecified atom stereocenters. The van der Waals surface area contributed by atoms with Crippen LogP contribution in [-0.4, -0.2) is 22.4 Å². The molecule has 2 rings (SSSR count). The van der Waals surface area contributed by atoms with Crippen LogP contribution in [0.5, 0.6) is 0 Å². The zero-order chi connectivity index (χ0) is 12.5. The molecule has 3 nitrogen and oxygen atoms in total. The Kier molecular flexibility index (Phi) is 3.73. The Labute approximate surface area is 106 Å². The second-order valence-corrected chi connectivity index (χ2v) is 5.19. The molecule has 1 fully saturated rings. The van der Waals surface area contributed by atoms with E-state index < -0.39 is 17.7 Å². The van der Waals surface area contributed by atoms with Gasteiger partial charge in [0.15, 0.2) is 0 Å². The van der Waals surface area contributed by atoms with Crippen molar-refractivity contribution in [3.63, 3.8) is 0 Å². The van der Waals surface area contributed by atoms with E-state index in [4.69, 9.17) is 17.3 Å². The predicted octanol–water partition coefficient (Wildman–Crippen LogP) is 1.79. The van der Waals surface area contributed by atoms with Crippen LogP contribution in [0.15, 0.2) is 24.3 Å². The average molecular weight is 256 g/mol. The van der Waals surface area contributed by atoms with Crippen molar-refractivity contribution < 1.29 is 10.2 Å². The highest BCUT2D eigenvalue weighted by Crippen LogP contribution is 2.37. The first-order valence-electron chi connectivity index (χ1n) is 5.96. The molecule has 0 bridgehead atoms. The van der Waals surface area contributed by atoms with Crippen molar-refractivity contribution in [3.05, 3.63) is 34.9 Å². The molecule has 1 aliphatic rings. The summed E-state index contributed by atoms with van der Waals surface area (Å²) in [5, 5.41) is 20.6. The van der Waals surface area contributed by atoms with E-state index in [1.807, 2.05) is 18.2 Å².